The van der Waals surface area contributed by atoms with Crippen molar-refractivity contribution in [3.05, 3.63) is 72.8 Å². The number of carbonyl (C=O) groups excluding carboxylic acids is 1. The third-order valence-electron chi connectivity index (χ3n) is 4.07. The van der Waals surface area contributed by atoms with Gasteiger partial charge in [0.25, 0.3) is 10.0 Å². The van der Waals surface area contributed by atoms with Crippen molar-refractivity contribution >= 4 is 33.1 Å². The molecule has 0 aliphatic heterocycles. The highest BCUT2D eigenvalue weighted by atomic mass is 32.2. The molecule has 3 N–H and O–H groups in total. The Morgan fingerprint density at radius 3 is 2.07 bits per heavy atom. The molecule has 0 aliphatic carbocycles. The molecular weight excluding hydrogens is 406 g/mol. The lowest BCUT2D eigenvalue weighted by Gasteiger charge is -2.13. The predicted molar refractivity (Wildman–Crippen MR) is 116 cm³/mol. The van der Waals surface area contributed by atoms with Gasteiger partial charge in [0.1, 0.15) is 0 Å². The fourth-order valence-electron chi connectivity index (χ4n) is 2.67. The van der Waals surface area contributed by atoms with Gasteiger partial charge in [-0.05, 0) is 42.5 Å². The van der Waals surface area contributed by atoms with Crippen LogP contribution in [0.5, 0.6) is 11.5 Å². The highest BCUT2D eigenvalue weighted by Crippen LogP contribution is 2.30. The van der Waals surface area contributed by atoms with Gasteiger partial charge in [0, 0.05) is 17.4 Å². The Morgan fingerprint density at radius 1 is 0.733 bits per heavy atom. The third kappa shape index (κ3) is 5.21. The molecule has 0 saturated carbocycles. The highest BCUT2D eigenvalue weighted by molar-refractivity contribution is 7.92. The van der Waals surface area contributed by atoms with Gasteiger partial charge in [-0.15, -0.1) is 0 Å². The molecule has 3 aromatic carbocycles. The summed E-state index contributed by atoms with van der Waals surface area (Å²) in [5, 5.41) is 5.36. The van der Waals surface area contributed by atoms with E-state index in [9.17, 15) is 13.2 Å². The maximum atomic E-state index is 12.7. The summed E-state index contributed by atoms with van der Waals surface area (Å²) in [6, 6.07) is 19.2. The molecule has 30 heavy (non-hydrogen) atoms. The fraction of sp³-hybridized carbons (Fsp3) is 0.0952. The summed E-state index contributed by atoms with van der Waals surface area (Å²) in [7, 11) is -0.982. The Morgan fingerprint density at radius 2 is 1.37 bits per heavy atom. The van der Waals surface area contributed by atoms with E-state index < -0.39 is 16.1 Å². The quantitative estimate of drug-likeness (QED) is 0.525. The third-order valence-corrected chi connectivity index (χ3v) is 5.45. The summed E-state index contributed by atoms with van der Waals surface area (Å²) in [5.74, 6) is 0.723. The molecule has 0 saturated heterocycles. The summed E-state index contributed by atoms with van der Waals surface area (Å²) in [4.78, 5) is 12.2. The number of rotatable bonds is 7. The van der Waals surface area contributed by atoms with Crippen LogP contribution in [0.1, 0.15) is 0 Å². The second kappa shape index (κ2) is 9.19. The number of hydrogen-bond acceptors (Lipinski definition) is 5. The van der Waals surface area contributed by atoms with Gasteiger partial charge in [-0.2, -0.15) is 0 Å². The lowest BCUT2D eigenvalue weighted by molar-refractivity contribution is 0.262. The number of sulfonamides is 1. The molecule has 0 aliphatic rings. The molecule has 0 radical (unpaired) electrons. The van der Waals surface area contributed by atoms with Gasteiger partial charge >= 0.3 is 6.03 Å². The molecule has 0 atom stereocenters. The van der Waals surface area contributed by atoms with Crippen molar-refractivity contribution in [1.82, 2.24) is 0 Å². The number of benzene rings is 3. The number of nitrogens with one attached hydrogen (secondary N) is 3. The number of carbonyl (C=O) groups is 1. The second-order valence-corrected chi connectivity index (χ2v) is 7.83. The van der Waals surface area contributed by atoms with Crippen molar-refractivity contribution in [2.45, 2.75) is 4.90 Å². The SMILES string of the molecule is COc1ccc(S(=O)(=O)Nc2cccc(NC(=O)Nc3ccccc3)c2)cc1OC. The van der Waals surface area contributed by atoms with E-state index in [2.05, 4.69) is 15.4 Å². The van der Waals surface area contributed by atoms with E-state index >= 15 is 0 Å². The van der Waals surface area contributed by atoms with E-state index in [1.807, 2.05) is 6.07 Å². The number of anilines is 3. The van der Waals surface area contributed by atoms with E-state index in [4.69, 9.17) is 9.47 Å². The minimum atomic E-state index is -3.88. The van der Waals surface area contributed by atoms with Gasteiger partial charge in [-0.3, -0.25) is 4.72 Å². The Bertz CT molecular complexity index is 1130. The summed E-state index contributed by atoms with van der Waals surface area (Å²) >= 11 is 0. The van der Waals surface area contributed by atoms with Crippen molar-refractivity contribution in [1.29, 1.82) is 0 Å². The molecule has 0 bridgehead atoms. The van der Waals surface area contributed by atoms with Crippen molar-refractivity contribution in [3.63, 3.8) is 0 Å². The van der Waals surface area contributed by atoms with E-state index in [1.165, 1.54) is 38.5 Å². The Labute approximate surface area is 174 Å². The van der Waals surface area contributed by atoms with E-state index in [0.29, 0.717) is 28.6 Å². The van der Waals surface area contributed by atoms with Crippen LogP contribution in [0.25, 0.3) is 0 Å². The van der Waals surface area contributed by atoms with Crippen molar-refractivity contribution in [2.24, 2.45) is 0 Å². The zero-order chi connectivity index (χ0) is 21.6. The first-order valence-electron chi connectivity index (χ1n) is 8.89. The molecule has 156 valence electrons. The summed E-state index contributed by atoms with van der Waals surface area (Å²) in [6.45, 7) is 0. The van der Waals surface area contributed by atoms with Crippen molar-refractivity contribution in [2.75, 3.05) is 29.6 Å². The average molecular weight is 427 g/mol. The van der Waals surface area contributed by atoms with Crippen LogP contribution >= 0.6 is 0 Å². The number of amides is 2. The molecule has 2 amide bonds. The smallest absolute Gasteiger partial charge is 0.323 e. The van der Waals surface area contributed by atoms with Crippen LogP contribution in [-0.4, -0.2) is 28.7 Å². The minimum Gasteiger partial charge on any atom is -0.493 e. The maximum Gasteiger partial charge on any atom is 0.323 e. The molecule has 3 aromatic rings. The standard InChI is InChI=1S/C21H21N3O5S/c1-28-19-12-11-18(14-20(19)29-2)30(26,27)24-17-10-6-9-16(13-17)23-21(25)22-15-7-4-3-5-8-15/h3-14,24H,1-2H3,(H2,22,23,25). The largest absolute Gasteiger partial charge is 0.493 e. The van der Waals surface area contributed by atoms with Crippen LogP contribution in [0, 0.1) is 0 Å². The van der Waals surface area contributed by atoms with Crippen LogP contribution in [0.4, 0.5) is 21.9 Å². The van der Waals surface area contributed by atoms with Gasteiger partial charge in [0.15, 0.2) is 11.5 Å². The normalized spacial score (nSPS) is 10.7. The second-order valence-electron chi connectivity index (χ2n) is 6.15. The highest BCUT2D eigenvalue weighted by Gasteiger charge is 2.17. The van der Waals surface area contributed by atoms with Crippen molar-refractivity contribution < 1.29 is 22.7 Å². The molecule has 0 unspecified atom stereocenters. The van der Waals surface area contributed by atoms with Crippen LogP contribution < -0.4 is 24.8 Å². The van der Waals surface area contributed by atoms with Gasteiger partial charge in [0.2, 0.25) is 0 Å². The Hall–Kier alpha value is -3.72. The number of methoxy groups -OCH3 is 2. The molecule has 3 rings (SSSR count). The summed E-state index contributed by atoms with van der Waals surface area (Å²) in [6.07, 6.45) is 0. The predicted octanol–water partition coefficient (Wildman–Crippen LogP) is 4.15. The Kier molecular flexibility index (Phi) is 6.43. The first kappa shape index (κ1) is 21.0. The topological polar surface area (TPSA) is 106 Å². The lowest BCUT2D eigenvalue weighted by Crippen LogP contribution is -2.19. The molecular formula is C21H21N3O5S. The van der Waals surface area contributed by atoms with Crippen LogP contribution in [-0.2, 0) is 10.0 Å². The van der Waals surface area contributed by atoms with Gasteiger partial charge in [-0.25, -0.2) is 13.2 Å². The minimum absolute atomic E-state index is 0.0142. The Balaban J connectivity index is 1.73. The van der Waals surface area contributed by atoms with Gasteiger partial charge in [-0.1, -0.05) is 24.3 Å². The van der Waals surface area contributed by atoms with E-state index in [1.54, 1.807) is 42.5 Å². The van der Waals surface area contributed by atoms with Gasteiger partial charge in [0.05, 0.1) is 24.8 Å². The molecule has 0 fully saturated rings. The zero-order valence-corrected chi connectivity index (χ0v) is 17.2. The number of urea groups is 1. The van der Waals surface area contributed by atoms with Gasteiger partial charge < -0.3 is 20.1 Å². The van der Waals surface area contributed by atoms with Crippen LogP contribution in [0.15, 0.2) is 77.7 Å². The van der Waals surface area contributed by atoms with Crippen LogP contribution in [0.2, 0.25) is 0 Å². The summed E-state index contributed by atoms with van der Waals surface area (Å²) < 4.78 is 38.3. The first-order chi connectivity index (χ1) is 14.4. The fourth-order valence-corrected chi connectivity index (χ4v) is 3.74. The van der Waals surface area contributed by atoms with Crippen LogP contribution in [0.3, 0.4) is 0 Å². The van der Waals surface area contributed by atoms with E-state index in [-0.39, 0.29) is 4.90 Å². The first-order valence-corrected chi connectivity index (χ1v) is 10.4. The molecule has 0 heterocycles. The number of ether oxygens (including phenoxy) is 2. The lowest BCUT2D eigenvalue weighted by atomic mass is 10.3. The number of hydrogen-bond donors (Lipinski definition) is 3. The molecule has 8 nitrogen and oxygen atoms in total. The number of para-hydroxylation sites is 1. The monoisotopic (exact) mass is 427 g/mol. The molecule has 0 aromatic heterocycles. The maximum absolute atomic E-state index is 12.7. The molecule has 0 spiro atoms. The van der Waals surface area contributed by atoms with E-state index in [0.717, 1.165) is 0 Å². The summed E-state index contributed by atoms with van der Waals surface area (Å²) in [5.41, 5.74) is 1.36. The molecule has 9 heteroatoms. The van der Waals surface area contributed by atoms with Crippen molar-refractivity contribution in [3.8, 4) is 11.5 Å². The average Bonchev–Trinajstić information content (AvgIpc) is 2.73. The zero-order valence-electron chi connectivity index (χ0n) is 16.4.